The predicted octanol–water partition coefficient (Wildman–Crippen LogP) is 2.32. The van der Waals surface area contributed by atoms with Crippen molar-refractivity contribution in [1.29, 1.82) is 0 Å². The zero-order valence-corrected chi connectivity index (χ0v) is 9.66. The number of carbonyl (C=O) groups is 1. The van der Waals surface area contributed by atoms with E-state index in [0.717, 1.165) is 0 Å². The molecule has 1 aromatic carbocycles. The average molecular weight is 274 g/mol. The fourth-order valence-corrected chi connectivity index (χ4v) is 1.62. The molecule has 0 saturated heterocycles. The summed E-state index contributed by atoms with van der Waals surface area (Å²) >= 11 is 11.6. The number of anilines is 1. The largest absolute Gasteiger partial charge is 0.475 e. The van der Waals surface area contributed by atoms with E-state index in [1.165, 1.54) is 12.1 Å². The van der Waals surface area contributed by atoms with Gasteiger partial charge in [-0.2, -0.15) is 4.98 Å². The topological polar surface area (TPSA) is 102 Å². The first kappa shape index (κ1) is 11.7. The van der Waals surface area contributed by atoms with Crippen LogP contribution < -0.4 is 5.73 Å². The van der Waals surface area contributed by atoms with Crippen molar-refractivity contribution in [2.45, 2.75) is 0 Å². The van der Waals surface area contributed by atoms with Crippen LogP contribution in [0.15, 0.2) is 16.7 Å². The molecule has 0 spiro atoms. The molecule has 0 aliphatic heterocycles. The van der Waals surface area contributed by atoms with E-state index >= 15 is 0 Å². The van der Waals surface area contributed by atoms with Crippen molar-refractivity contribution in [3.8, 4) is 11.5 Å². The van der Waals surface area contributed by atoms with Crippen LogP contribution in [0.2, 0.25) is 10.0 Å². The van der Waals surface area contributed by atoms with Gasteiger partial charge in [0, 0.05) is 5.56 Å². The second kappa shape index (κ2) is 4.23. The maximum Gasteiger partial charge on any atom is 0.377 e. The Morgan fingerprint density at radius 2 is 1.94 bits per heavy atom. The summed E-state index contributed by atoms with van der Waals surface area (Å²) in [6, 6.07) is 2.92. The predicted molar refractivity (Wildman–Crippen MR) is 61.1 cm³/mol. The van der Waals surface area contributed by atoms with Crippen molar-refractivity contribution in [1.82, 2.24) is 10.1 Å². The number of carboxylic acids is 1. The van der Waals surface area contributed by atoms with Gasteiger partial charge in [0.05, 0.1) is 15.7 Å². The average Bonchev–Trinajstić information content (AvgIpc) is 2.74. The maximum absolute atomic E-state index is 10.6. The minimum absolute atomic E-state index is 0.00574. The zero-order valence-electron chi connectivity index (χ0n) is 8.15. The molecule has 0 saturated carbocycles. The monoisotopic (exact) mass is 273 g/mol. The van der Waals surface area contributed by atoms with Crippen LogP contribution in [-0.4, -0.2) is 21.2 Å². The number of aromatic carboxylic acids is 1. The fraction of sp³-hybridized carbons (Fsp3) is 0. The van der Waals surface area contributed by atoms with Gasteiger partial charge in [-0.05, 0) is 17.3 Å². The highest BCUT2D eigenvalue weighted by atomic mass is 35.5. The molecule has 2 rings (SSSR count). The number of rotatable bonds is 2. The molecule has 0 amide bonds. The molecule has 1 heterocycles. The van der Waals surface area contributed by atoms with E-state index in [4.69, 9.17) is 38.6 Å². The van der Waals surface area contributed by atoms with Gasteiger partial charge in [0.15, 0.2) is 0 Å². The third-order valence-electron chi connectivity index (χ3n) is 1.94. The Bertz CT molecular complexity index is 574. The zero-order chi connectivity index (χ0) is 12.6. The van der Waals surface area contributed by atoms with Crippen molar-refractivity contribution in [2.24, 2.45) is 0 Å². The Morgan fingerprint density at radius 1 is 1.35 bits per heavy atom. The van der Waals surface area contributed by atoms with Crippen LogP contribution in [0.4, 0.5) is 5.69 Å². The van der Waals surface area contributed by atoms with Crippen LogP contribution >= 0.6 is 23.2 Å². The van der Waals surface area contributed by atoms with Gasteiger partial charge in [-0.1, -0.05) is 23.2 Å². The van der Waals surface area contributed by atoms with Crippen LogP contribution in [0.5, 0.6) is 0 Å². The number of hydrogen-bond donors (Lipinski definition) is 2. The molecule has 0 aliphatic carbocycles. The van der Waals surface area contributed by atoms with Crippen molar-refractivity contribution in [2.75, 3.05) is 5.73 Å². The summed E-state index contributed by atoms with van der Waals surface area (Å²) in [6.45, 7) is 0. The van der Waals surface area contributed by atoms with Gasteiger partial charge in [-0.3, -0.25) is 0 Å². The molecule has 3 N–H and O–H groups in total. The Kier molecular flexibility index (Phi) is 2.91. The van der Waals surface area contributed by atoms with Crippen LogP contribution in [-0.2, 0) is 0 Å². The lowest BCUT2D eigenvalue weighted by molar-refractivity contribution is 0.0680. The molecule has 1 aromatic heterocycles. The molecule has 0 bridgehead atoms. The molecule has 0 aliphatic rings. The van der Waals surface area contributed by atoms with E-state index < -0.39 is 11.8 Å². The number of benzene rings is 1. The molecular formula is C9H5Cl2N3O3. The smallest absolute Gasteiger partial charge is 0.377 e. The van der Waals surface area contributed by atoms with E-state index in [0.29, 0.717) is 5.56 Å². The van der Waals surface area contributed by atoms with E-state index in [1.807, 2.05) is 0 Å². The summed E-state index contributed by atoms with van der Waals surface area (Å²) in [5, 5.41) is 12.4. The summed E-state index contributed by atoms with van der Waals surface area (Å²) < 4.78 is 4.76. The first-order chi connectivity index (χ1) is 7.99. The molecule has 0 atom stereocenters. The molecule has 6 nitrogen and oxygen atoms in total. The quantitative estimate of drug-likeness (QED) is 0.814. The van der Waals surface area contributed by atoms with Crippen molar-refractivity contribution < 1.29 is 14.4 Å². The lowest BCUT2D eigenvalue weighted by Gasteiger charge is -2.02. The number of carboxylic acid groups (broad SMARTS) is 1. The molecule has 0 unspecified atom stereocenters. The summed E-state index contributed by atoms with van der Waals surface area (Å²) in [4.78, 5) is 14.2. The van der Waals surface area contributed by atoms with Gasteiger partial charge in [-0.25, -0.2) is 4.79 Å². The number of nitrogen functional groups attached to an aromatic ring is 1. The molecule has 0 radical (unpaired) electrons. The van der Waals surface area contributed by atoms with Gasteiger partial charge < -0.3 is 15.4 Å². The molecule has 88 valence electrons. The molecule has 0 fully saturated rings. The normalized spacial score (nSPS) is 10.5. The standard InChI is InChI=1S/C9H5Cl2N3O3/c10-4-1-3(2-5(11)6(4)12)8-13-7(9(15)16)14-17-8/h1-2H,12H2,(H,15,16). The second-order valence-corrected chi connectivity index (χ2v) is 3.90. The lowest BCUT2D eigenvalue weighted by atomic mass is 10.2. The lowest BCUT2D eigenvalue weighted by Crippen LogP contribution is -1.98. The number of halogens is 2. The summed E-state index contributed by atoms with van der Waals surface area (Å²) in [6.07, 6.45) is 0. The summed E-state index contributed by atoms with van der Waals surface area (Å²) in [5.74, 6) is -1.72. The Morgan fingerprint density at radius 3 is 2.41 bits per heavy atom. The van der Waals surface area contributed by atoms with Gasteiger partial charge in [0.2, 0.25) is 0 Å². The van der Waals surface area contributed by atoms with E-state index in [1.54, 1.807) is 0 Å². The first-order valence-corrected chi connectivity index (χ1v) is 5.06. The van der Waals surface area contributed by atoms with Gasteiger partial charge in [0.25, 0.3) is 11.7 Å². The van der Waals surface area contributed by atoms with Crippen LogP contribution in [0.3, 0.4) is 0 Å². The summed E-state index contributed by atoms with van der Waals surface area (Å²) in [7, 11) is 0. The van der Waals surface area contributed by atoms with E-state index in [-0.39, 0.29) is 21.6 Å². The number of nitrogens with two attached hydrogens (primary N) is 1. The Hall–Kier alpha value is -1.79. The third-order valence-corrected chi connectivity index (χ3v) is 2.57. The SMILES string of the molecule is Nc1c(Cl)cc(-c2nc(C(=O)O)no2)cc1Cl. The highest BCUT2D eigenvalue weighted by molar-refractivity contribution is 6.39. The van der Waals surface area contributed by atoms with Crippen molar-refractivity contribution in [3.63, 3.8) is 0 Å². The molecule has 8 heteroatoms. The number of hydrogen-bond acceptors (Lipinski definition) is 5. The van der Waals surface area contributed by atoms with Crippen LogP contribution in [0.25, 0.3) is 11.5 Å². The highest BCUT2D eigenvalue weighted by Gasteiger charge is 2.16. The molecule has 2 aromatic rings. The van der Waals surface area contributed by atoms with Crippen molar-refractivity contribution in [3.05, 3.63) is 28.0 Å². The number of nitrogens with zero attached hydrogens (tertiary/aromatic N) is 2. The van der Waals surface area contributed by atoms with Gasteiger partial charge in [0.1, 0.15) is 0 Å². The Balaban J connectivity index is 2.49. The number of aromatic nitrogens is 2. The van der Waals surface area contributed by atoms with Gasteiger partial charge >= 0.3 is 5.97 Å². The molecular weight excluding hydrogens is 269 g/mol. The fourth-order valence-electron chi connectivity index (χ4n) is 1.14. The minimum Gasteiger partial charge on any atom is -0.475 e. The summed E-state index contributed by atoms with van der Waals surface area (Å²) in [5.41, 5.74) is 6.19. The first-order valence-electron chi connectivity index (χ1n) is 4.31. The second-order valence-electron chi connectivity index (χ2n) is 3.08. The Labute approximate surface area is 105 Å². The highest BCUT2D eigenvalue weighted by Crippen LogP contribution is 2.32. The van der Waals surface area contributed by atoms with E-state index in [9.17, 15) is 4.79 Å². The molecule has 17 heavy (non-hydrogen) atoms. The van der Waals surface area contributed by atoms with E-state index in [2.05, 4.69) is 10.1 Å². The van der Waals surface area contributed by atoms with Crippen LogP contribution in [0.1, 0.15) is 10.6 Å². The third kappa shape index (κ3) is 2.17. The van der Waals surface area contributed by atoms with Gasteiger partial charge in [-0.15, -0.1) is 0 Å². The van der Waals surface area contributed by atoms with Crippen molar-refractivity contribution >= 4 is 34.9 Å². The minimum atomic E-state index is -1.28. The van der Waals surface area contributed by atoms with Crippen LogP contribution in [0, 0.1) is 0 Å². The maximum atomic E-state index is 10.6.